The number of nitrogens with zero attached hydrogens (tertiary/aromatic N) is 2. The highest BCUT2D eigenvalue weighted by atomic mass is 16.4. The summed E-state index contributed by atoms with van der Waals surface area (Å²) < 4.78 is 5.64. The fourth-order valence-electron chi connectivity index (χ4n) is 1.98. The van der Waals surface area contributed by atoms with Crippen molar-refractivity contribution in [2.24, 2.45) is 0 Å². The maximum atomic E-state index is 5.64. The number of rotatable bonds is 6. The second kappa shape index (κ2) is 6.52. The highest BCUT2D eigenvalue weighted by molar-refractivity contribution is 5.57. The van der Waals surface area contributed by atoms with Gasteiger partial charge in [-0.3, -0.25) is 0 Å². The molecule has 1 aromatic carbocycles. The Balaban J connectivity index is 2.05. The molecule has 1 atom stereocenters. The summed E-state index contributed by atoms with van der Waals surface area (Å²) in [5.74, 6) is 0.603. The minimum atomic E-state index is 0.0668. The molecule has 0 saturated heterocycles. The highest BCUT2D eigenvalue weighted by Gasteiger charge is 2.13. The van der Waals surface area contributed by atoms with Crippen LogP contribution in [0.1, 0.15) is 43.3 Å². The van der Waals surface area contributed by atoms with E-state index in [9.17, 15) is 0 Å². The summed E-state index contributed by atoms with van der Waals surface area (Å²) >= 11 is 0. The largest absolute Gasteiger partial charge is 0.406 e. The van der Waals surface area contributed by atoms with Crippen molar-refractivity contribution in [3.05, 3.63) is 35.2 Å². The highest BCUT2D eigenvalue weighted by Crippen LogP contribution is 2.22. The third-order valence-corrected chi connectivity index (χ3v) is 3.14. The quantitative estimate of drug-likeness (QED) is 0.844. The molecule has 0 spiro atoms. The van der Waals surface area contributed by atoms with E-state index in [2.05, 4.69) is 53.7 Å². The van der Waals surface area contributed by atoms with Crippen molar-refractivity contribution >= 4 is 11.7 Å². The minimum absolute atomic E-state index is 0.0668. The first kappa shape index (κ1) is 14.5. The van der Waals surface area contributed by atoms with Gasteiger partial charge in [0.25, 0.3) is 0 Å². The molecule has 108 valence electrons. The predicted molar refractivity (Wildman–Crippen MR) is 80.2 cm³/mol. The third kappa shape index (κ3) is 3.57. The number of anilines is 2. The van der Waals surface area contributed by atoms with E-state index in [-0.39, 0.29) is 6.04 Å². The van der Waals surface area contributed by atoms with Crippen LogP contribution in [0.2, 0.25) is 0 Å². The Morgan fingerprint density at radius 2 is 2.05 bits per heavy atom. The second-order valence-corrected chi connectivity index (χ2v) is 5.06. The number of aryl methyl sites for hydroxylation is 2. The molecule has 1 heterocycles. The summed E-state index contributed by atoms with van der Waals surface area (Å²) in [6.45, 7) is 9.20. The first-order valence-corrected chi connectivity index (χ1v) is 7.01. The van der Waals surface area contributed by atoms with Gasteiger partial charge >= 0.3 is 6.01 Å². The summed E-state index contributed by atoms with van der Waals surface area (Å²) in [6.07, 6.45) is 1.08. The van der Waals surface area contributed by atoms with Gasteiger partial charge in [0, 0.05) is 5.69 Å². The summed E-state index contributed by atoms with van der Waals surface area (Å²) in [5.41, 5.74) is 3.37. The van der Waals surface area contributed by atoms with Crippen LogP contribution in [0.4, 0.5) is 11.7 Å². The van der Waals surface area contributed by atoms with Gasteiger partial charge in [0.15, 0.2) is 0 Å². The molecule has 0 saturated carbocycles. The SMILES string of the molecule is CCCNC(C)c1nnc(Nc2ccc(C)cc2C)o1. The molecule has 0 aliphatic rings. The summed E-state index contributed by atoms with van der Waals surface area (Å²) in [4.78, 5) is 0. The van der Waals surface area contributed by atoms with Crippen LogP contribution >= 0.6 is 0 Å². The molecule has 2 N–H and O–H groups in total. The van der Waals surface area contributed by atoms with Crippen LogP contribution in [0.3, 0.4) is 0 Å². The lowest BCUT2D eigenvalue weighted by Gasteiger charge is -2.08. The van der Waals surface area contributed by atoms with Crippen molar-refractivity contribution < 1.29 is 4.42 Å². The zero-order chi connectivity index (χ0) is 14.5. The molecule has 2 aromatic rings. The molecule has 0 radical (unpaired) electrons. The standard InChI is InChI=1S/C15H22N4O/c1-5-8-16-12(4)14-18-19-15(20-14)17-13-7-6-10(2)9-11(13)3/h6-7,9,12,16H,5,8H2,1-4H3,(H,17,19). The smallest absolute Gasteiger partial charge is 0.320 e. The van der Waals surface area contributed by atoms with Crippen LogP contribution in [0.25, 0.3) is 0 Å². The van der Waals surface area contributed by atoms with Gasteiger partial charge < -0.3 is 15.1 Å². The van der Waals surface area contributed by atoms with Gasteiger partial charge in [-0.25, -0.2) is 0 Å². The third-order valence-electron chi connectivity index (χ3n) is 3.14. The number of hydrogen-bond acceptors (Lipinski definition) is 5. The predicted octanol–water partition coefficient (Wildman–Crippen LogP) is 3.49. The maximum absolute atomic E-state index is 5.64. The normalized spacial score (nSPS) is 12.4. The van der Waals surface area contributed by atoms with Crippen LogP contribution in [-0.4, -0.2) is 16.7 Å². The molecule has 1 aromatic heterocycles. The van der Waals surface area contributed by atoms with Crippen molar-refractivity contribution in [2.75, 3.05) is 11.9 Å². The van der Waals surface area contributed by atoms with E-state index in [1.165, 1.54) is 5.56 Å². The molecule has 20 heavy (non-hydrogen) atoms. The van der Waals surface area contributed by atoms with Gasteiger partial charge in [0.05, 0.1) is 6.04 Å². The van der Waals surface area contributed by atoms with E-state index in [4.69, 9.17) is 4.42 Å². The average molecular weight is 274 g/mol. The van der Waals surface area contributed by atoms with Gasteiger partial charge in [-0.15, -0.1) is 5.10 Å². The number of hydrogen-bond donors (Lipinski definition) is 2. The van der Waals surface area contributed by atoms with Crippen LogP contribution in [0.15, 0.2) is 22.6 Å². The van der Waals surface area contributed by atoms with E-state index in [1.54, 1.807) is 0 Å². The Labute approximate surface area is 119 Å². The molecule has 0 bridgehead atoms. The van der Waals surface area contributed by atoms with E-state index in [0.29, 0.717) is 11.9 Å². The Morgan fingerprint density at radius 3 is 2.75 bits per heavy atom. The van der Waals surface area contributed by atoms with Crippen LogP contribution in [0, 0.1) is 13.8 Å². The molecule has 5 nitrogen and oxygen atoms in total. The molecule has 0 amide bonds. The van der Waals surface area contributed by atoms with Gasteiger partial charge in [0.2, 0.25) is 5.89 Å². The van der Waals surface area contributed by atoms with E-state index in [0.717, 1.165) is 24.2 Å². The van der Waals surface area contributed by atoms with Crippen LogP contribution in [-0.2, 0) is 0 Å². The molecule has 1 unspecified atom stereocenters. The fourth-order valence-corrected chi connectivity index (χ4v) is 1.98. The average Bonchev–Trinajstić information content (AvgIpc) is 2.88. The zero-order valence-corrected chi connectivity index (χ0v) is 12.5. The molecular formula is C15H22N4O. The van der Waals surface area contributed by atoms with Crippen molar-refractivity contribution in [1.82, 2.24) is 15.5 Å². The van der Waals surface area contributed by atoms with Crippen LogP contribution < -0.4 is 10.6 Å². The number of benzene rings is 1. The molecule has 0 aliphatic carbocycles. The van der Waals surface area contributed by atoms with E-state index in [1.807, 2.05) is 13.0 Å². The second-order valence-electron chi connectivity index (χ2n) is 5.06. The van der Waals surface area contributed by atoms with Gasteiger partial charge in [-0.1, -0.05) is 29.7 Å². The molecule has 2 rings (SSSR count). The first-order valence-electron chi connectivity index (χ1n) is 7.01. The molecule has 0 fully saturated rings. The first-order chi connectivity index (χ1) is 9.60. The molecule has 5 heteroatoms. The monoisotopic (exact) mass is 274 g/mol. The maximum Gasteiger partial charge on any atom is 0.320 e. The van der Waals surface area contributed by atoms with E-state index < -0.39 is 0 Å². The molecule has 0 aliphatic heterocycles. The lowest BCUT2D eigenvalue weighted by atomic mass is 10.1. The minimum Gasteiger partial charge on any atom is -0.406 e. The topological polar surface area (TPSA) is 63.0 Å². The lowest BCUT2D eigenvalue weighted by molar-refractivity contribution is 0.424. The number of aromatic nitrogens is 2. The Morgan fingerprint density at radius 1 is 1.25 bits per heavy atom. The number of nitrogens with one attached hydrogen (secondary N) is 2. The van der Waals surface area contributed by atoms with Crippen molar-refractivity contribution in [3.8, 4) is 0 Å². The zero-order valence-electron chi connectivity index (χ0n) is 12.5. The summed E-state index contributed by atoms with van der Waals surface area (Å²) in [6, 6.07) is 6.69. The van der Waals surface area contributed by atoms with Gasteiger partial charge in [-0.05, 0) is 45.4 Å². The van der Waals surface area contributed by atoms with E-state index >= 15 is 0 Å². The fraction of sp³-hybridized carbons (Fsp3) is 0.467. The van der Waals surface area contributed by atoms with Gasteiger partial charge in [-0.2, -0.15) is 0 Å². The Hall–Kier alpha value is -1.88. The van der Waals surface area contributed by atoms with Crippen molar-refractivity contribution in [1.29, 1.82) is 0 Å². The molecular weight excluding hydrogens is 252 g/mol. The van der Waals surface area contributed by atoms with Crippen LogP contribution in [0.5, 0.6) is 0 Å². The Bertz CT molecular complexity index is 565. The summed E-state index contributed by atoms with van der Waals surface area (Å²) in [5, 5.41) is 14.6. The van der Waals surface area contributed by atoms with Crippen molar-refractivity contribution in [3.63, 3.8) is 0 Å². The van der Waals surface area contributed by atoms with Gasteiger partial charge in [0.1, 0.15) is 0 Å². The Kier molecular flexibility index (Phi) is 4.74. The summed E-state index contributed by atoms with van der Waals surface area (Å²) in [7, 11) is 0. The van der Waals surface area contributed by atoms with Crippen molar-refractivity contribution in [2.45, 2.75) is 40.2 Å². The lowest BCUT2D eigenvalue weighted by Crippen LogP contribution is -2.19.